The van der Waals surface area contributed by atoms with Crippen molar-refractivity contribution in [2.45, 2.75) is 18.1 Å². The van der Waals surface area contributed by atoms with Crippen LogP contribution in [0.5, 0.6) is 0 Å². The Labute approximate surface area is 96.1 Å². The minimum Gasteiger partial charge on any atom is -0.503 e. The molecule has 2 rings (SSSR count). The maximum Gasteiger partial charge on any atom is 0.435 e. The molecule has 0 saturated carbocycles. The van der Waals surface area contributed by atoms with Crippen LogP contribution in [-0.4, -0.2) is 33.2 Å². The summed E-state index contributed by atoms with van der Waals surface area (Å²) in [4.78, 5) is 10.2. The van der Waals surface area contributed by atoms with Crippen molar-refractivity contribution in [3.05, 3.63) is 35.9 Å². The van der Waals surface area contributed by atoms with Crippen LogP contribution < -0.4 is 0 Å². The molecule has 0 spiro atoms. The van der Waals surface area contributed by atoms with Crippen LogP contribution in [-0.2, 0) is 3.79 Å². The summed E-state index contributed by atoms with van der Waals surface area (Å²) in [6, 6.07) is 8.30. The molecule has 1 fully saturated rings. The lowest BCUT2D eigenvalue weighted by Crippen LogP contribution is -2.06. The van der Waals surface area contributed by atoms with Crippen molar-refractivity contribution >= 4 is 21.5 Å². The lowest BCUT2D eigenvalue weighted by Gasteiger charge is -2.06. The first kappa shape index (κ1) is 12.3. The van der Waals surface area contributed by atoms with Gasteiger partial charge in [0, 0.05) is 6.61 Å². The molecule has 1 aromatic carbocycles. The first-order valence-corrected chi connectivity index (χ1v) is 6.74. The van der Waals surface area contributed by atoms with E-state index in [1.54, 1.807) is 30.3 Å². The maximum atomic E-state index is 10.2. The van der Waals surface area contributed by atoms with Crippen LogP contribution in [0.2, 0.25) is 5.28 Å². The summed E-state index contributed by atoms with van der Waals surface area (Å²) < 4.78 is 5.21. The summed E-state index contributed by atoms with van der Waals surface area (Å²) in [6.07, 6.45) is 2.75. The molecular formula is C11H15AlO3. The van der Waals surface area contributed by atoms with Gasteiger partial charge >= 0.3 is 21.5 Å². The summed E-state index contributed by atoms with van der Waals surface area (Å²) >= 11 is 0.00849. The Balaban J connectivity index is 0.000000162. The van der Waals surface area contributed by atoms with Crippen molar-refractivity contribution in [2.75, 3.05) is 6.61 Å². The van der Waals surface area contributed by atoms with Crippen LogP contribution in [0.3, 0.4) is 0 Å². The Morgan fingerprint density at radius 1 is 1.27 bits per heavy atom. The van der Waals surface area contributed by atoms with E-state index in [-0.39, 0.29) is 15.6 Å². The lowest BCUT2D eigenvalue weighted by molar-refractivity contribution is 0.0697. The largest absolute Gasteiger partial charge is 0.503 e. The van der Waals surface area contributed by atoms with Crippen molar-refractivity contribution < 1.29 is 13.7 Å². The first-order valence-electron chi connectivity index (χ1n) is 5.17. The Kier molecular flexibility index (Phi) is 6.10. The third kappa shape index (κ3) is 5.58. The second kappa shape index (κ2) is 7.47. The van der Waals surface area contributed by atoms with Gasteiger partial charge in [0.1, 0.15) is 0 Å². The predicted octanol–water partition coefficient (Wildman–Crippen LogP) is 1.95. The molecule has 1 aliphatic rings. The van der Waals surface area contributed by atoms with Gasteiger partial charge in [-0.2, -0.15) is 0 Å². The van der Waals surface area contributed by atoms with E-state index in [1.807, 2.05) is 0 Å². The average Bonchev–Trinajstić information content (AvgIpc) is 2.33. The summed E-state index contributed by atoms with van der Waals surface area (Å²) in [5.74, 6) is -0.879. The number of rotatable bonds is 1. The highest BCUT2D eigenvalue weighted by Crippen LogP contribution is 2.01. The zero-order valence-electron chi connectivity index (χ0n) is 8.69. The van der Waals surface area contributed by atoms with Crippen molar-refractivity contribution in [3.63, 3.8) is 0 Å². The van der Waals surface area contributed by atoms with Crippen molar-refractivity contribution in [2.24, 2.45) is 0 Å². The molecule has 1 saturated heterocycles. The normalized spacial score (nSPS) is 14.4. The fraction of sp³-hybridized carbons (Fsp3) is 0.364. The van der Waals surface area contributed by atoms with Gasteiger partial charge in [-0.15, -0.1) is 0 Å². The van der Waals surface area contributed by atoms with Crippen LogP contribution in [0.1, 0.15) is 23.2 Å². The first-order chi connectivity index (χ1) is 7.30. The highest BCUT2D eigenvalue weighted by atomic mass is 27.1. The summed E-state index contributed by atoms with van der Waals surface area (Å²) in [7, 11) is 0. The van der Waals surface area contributed by atoms with Crippen molar-refractivity contribution in [3.8, 4) is 0 Å². The van der Waals surface area contributed by atoms with Gasteiger partial charge in [0.05, 0.1) is 5.56 Å². The molecule has 0 atom stereocenters. The Bertz CT molecular complexity index is 272. The van der Waals surface area contributed by atoms with Crippen molar-refractivity contribution in [1.29, 1.82) is 0 Å². The number of carbonyl (C=O) groups is 1. The van der Waals surface area contributed by atoms with Gasteiger partial charge in [-0.1, -0.05) is 29.9 Å². The molecule has 0 unspecified atom stereocenters. The zero-order chi connectivity index (χ0) is 10.9. The van der Waals surface area contributed by atoms with Gasteiger partial charge < -0.3 is 8.90 Å². The number of carboxylic acids is 1. The van der Waals surface area contributed by atoms with Crippen LogP contribution in [0, 0.1) is 0 Å². The molecule has 4 heteroatoms. The molecule has 1 heterocycles. The number of aromatic carboxylic acids is 1. The number of hydrogen-bond acceptors (Lipinski definition) is 2. The number of hydrogen-bond donors (Lipinski definition) is 1. The van der Waals surface area contributed by atoms with Crippen LogP contribution in [0.15, 0.2) is 30.3 Å². The van der Waals surface area contributed by atoms with E-state index < -0.39 is 5.97 Å². The number of benzene rings is 1. The lowest BCUT2D eigenvalue weighted by atomic mass is 10.2. The van der Waals surface area contributed by atoms with E-state index in [1.165, 1.54) is 18.1 Å². The van der Waals surface area contributed by atoms with E-state index in [4.69, 9.17) is 8.90 Å². The predicted molar refractivity (Wildman–Crippen MR) is 60.5 cm³/mol. The van der Waals surface area contributed by atoms with Gasteiger partial charge in [0.25, 0.3) is 0 Å². The Hall–Kier alpha value is -0.818. The molecule has 0 aliphatic carbocycles. The molecule has 0 amide bonds. The standard InChI is InChI=1S/C7H6O2.C4H8O.Al.H/c8-7(9)6-4-2-1-3-5-6;1-2-3-4-5;;/h1-5H,(H,8,9);1-4H2;;/q;-1;+1;. The molecule has 80 valence electrons. The summed E-state index contributed by atoms with van der Waals surface area (Å²) in [5, 5.41) is 9.80. The molecule has 15 heavy (non-hydrogen) atoms. The topological polar surface area (TPSA) is 46.5 Å². The maximum absolute atomic E-state index is 10.2. The van der Waals surface area contributed by atoms with E-state index in [9.17, 15) is 4.79 Å². The third-order valence-corrected chi connectivity index (χ3v) is 3.46. The van der Waals surface area contributed by atoms with E-state index in [2.05, 4.69) is 0 Å². The van der Waals surface area contributed by atoms with Crippen LogP contribution >= 0.6 is 0 Å². The van der Waals surface area contributed by atoms with Crippen LogP contribution in [0.4, 0.5) is 0 Å². The fourth-order valence-corrected chi connectivity index (χ4v) is 2.44. The second-order valence-corrected chi connectivity index (χ2v) is 4.87. The fourth-order valence-electron chi connectivity index (χ4n) is 1.27. The van der Waals surface area contributed by atoms with Gasteiger partial charge in [0.15, 0.2) is 0 Å². The second-order valence-electron chi connectivity index (χ2n) is 3.34. The highest BCUT2D eigenvalue weighted by molar-refractivity contribution is 6.27. The SMILES string of the molecule is C1C[CH2][AlH][O]C1.O=C(O)c1ccccc1. The molecule has 1 N–H and O–H groups in total. The monoisotopic (exact) mass is 222 g/mol. The Morgan fingerprint density at radius 2 is 2.00 bits per heavy atom. The smallest absolute Gasteiger partial charge is 0.435 e. The van der Waals surface area contributed by atoms with E-state index in [0.717, 1.165) is 6.61 Å². The van der Waals surface area contributed by atoms with Crippen LogP contribution in [0.25, 0.3) is 0 Å². The quantitative estimate of drug-likeness (QED) is 0.739. The van der Waals surface area contributed by atoms with E-state index in [0.29, 0.717) is 5.56 Å². The molecule has 0 aromatic heterocycles. The molecule has 3 nitrogen and oxygen atoms in total. The van der Waals surface area contributed by atoms with Gasteiger partial charge in [-0.3, -0.25) is 0 Å². The minimum atomic E-state index is -0.879. The molecule has 1 aromatic rings. The molecular weight excluding hydrogens is 207 g/mol. The van der Waals surface area contributed by atoms with Gasteiger partial charge in [-0.25, -0.2) is 4.79 Å². The highest BCUT2D eigenvalue weighted by Gasteiger charge is 2.00. The van der Waals surface area contributed by atoms with Crippen molar-refractivity contribution in [1.82, 2.24) is 0 Å². The van der Waals surface area contributed by atoms with Gasteiger partial charge in [-0.05, 0) is 18.6 Å². The summed E-state index contributed by atoms with van der Waals surface area (Å²) in [6.45, 7) is 1.06. The van der Waals surface area contributed by atoms with E-state index >= 15 is 0 Å². The molecule has 1 aliphatic heterocycles. The average molecular weight is 222 g/mol. The van der Waals surface area contributed by atoms with Gasteiger partial charge in [0.2, 0.25) is 0 Å². The summed E-state index contributed by atoms with van der Waals surface area (Å²) in [5.41, 5.74) is 0.331. The number of carboxylic acid groups (broad SMARTS) is 1. The molecule has 0 bridgehead atoms. The molecule has 0 radical (unpaired) electrons. The zero-order valence-corrected chi connectivity index (χ0v) is 10.1. The third-order valence-electron chi connectivity index (χ3n) is 2.10. The Morgan fingerprint density at radius 3 is 2.27 bits per heavy atom. The minimum absolute atomic E-state index is 0.00849.